The van der Waals surface area contributed by atoms with E-state index in [1.165, 1.54) is 36.2 Å². The van der Waals surface area contributed by atoms with Crippen molar-refractivity contribution in [3.05, 3.63) is 63.4 Å². The van der Waals surface area contributed by atoms with Crippen LogP contribution in [-0.4, -0.2) is 40.9 Å². The third-order valence-corrected chi connectivity index (χ3v) is 7.66. The first-order valence-corrected chi connectivity index (χ1v) is 13.0. The number of anilines is 1. The number of nitrogens with one attached hydrogen (secondary N) is 3. The molecule has 2 aromatic rings. The highest BCUT2D eigenvalue weighted by molar-refractivity contribution is 7.98. The Morgan fingerprint density at radius 1 is 1.14 bits per heavy atom. The minimum absolute atomic E-state index is 0.0507. The molecule has 5 nitrogen and oxygen atoms in total. The van der Waals surface area contributed by atoms with E-state index >= 15 is 0 Å². The van der Waals surface area contributed by atoms with Crippen molar-refractivity contribution in [3.63, 3.8) is 0 Å². The number of alkyl halides is 3. The van der Waals surface area contributed by atoms with Crippen LogP contribution in [0.1, 0.15) is 59.7 Å². The van der Waals surface area contributed by atoms with Crippen molar-refractivity contribution in [2.45, 2.75) is 56.6 Å². The highest BCUT2D eigenvalue weighted by Crippen LogP contribution is 2.35. The minimum atomic E-state index is -4.45. The van der Waals surface area contributed by atoms with Crippen molar-refractivity contribution in [2.75, 3.05) is 18.4 Å². The van der Waals surface area contributed by atoms with E-state index in [0.717, 1.165) is 18.9 Å². The molecule has 194 valence electrons. The van der Waals surface area contributed by atoms with Gasteiger partial charge in [0.25, 0.3) is 5.91 Å². The number of likely N-dealkylation sites (tertiary alicyclic amines) is 1. The quantitative estimate of drug-likeness (QED) is 0.202. The average molecular weight is 543 g/mol. The predicted octanol–water partition coefficient (Wildman–Crippen LogP) is 6.50. The van der Waals surface area contributed by atoms with E-state index in [1.807, 2.05) is 4.90 Å². The Morgan fingerprint density at radius 2 is 1.83 bits per heavy atom. The van der Waals surface area contributed by atoms with Crippen LogP contribution in [0.15, 0.2) is 30.3 Å². The number of amides is 1. The molecule has 0 atom stereocenters. The summed E-state index contributed by atoms with van der Waals surface area (Å²) in [4.78, 5) is 14.4. The molecule has 1 saturated heterocycles. The largest absolute Gasteiger partial charge is 0.416 e. The summed E-state index contributed by atoms with van der Waals surface area (Å²) in [5.74, 6) is -1.19. The van der Waals surface area contributed by atoms with Crippen LogP contribution in [0.25, 0.3) is 0 Å². The number of rotatable bonds is 8. The standard InChI is InChI=1S/C25H27ClF4N4OS/c1-14(31)19-11-20(24(35)33-36-18-3-4-18)22(27)12-23(19)32-17-6-8-34(9-7-17)13-15-10-16(26)2-5-21(15)25(28,29)30/h2,5,10-12,17-18,31-32H,3-4,6-9,13H2,1H3,(H,33,35). The summed E-state index contributed by atoms with van der Waals surface area (Å²) in [5, 5.41) is 12.0. The number of halogens is 5. The normalized spacial score (nSPS) is 17.2. The van der Waals surface area contributed by atoms with Crippen LogP contribution in [0.5, 0.6) is 0 Å². The van der Waals surface area contributed by atoms with Crippen molar-refractivity contribution in [2.24, 2.45) is 0 Å². The lowest BCUT2D eigenvalue weighted by atomic mass is 9.99. The summed E-state index contributed by atoms with van der Waals surface area (Å²) in [7, 11) is 0. The van der Waals surface area contributed by atoms with Gasteiger partial charge < -0.3 is 10.7 Å². The summed E-state index contributed by atoms with van der Waals surface area (Å²) in [6.07, 6.45) is -1.14. The second-order valence-corrected chi connectivity index (χ2v) is 10.8. The van der Waals surface area contributed by atoms with Crippen LogP contribution >= 0.6 is 23.5 Å². The summed E-state index contributed by atoms with van der Waals surface area (Å²) in [5.41, 5.74) is 0.409. The fraction of sp³-hybridized carbons (Fsp3) is 0.440. The second-order valence-electron chi connectivity index (χ2n) is 9.25. The Labute approximate surface area is 216 Å². The van der Waals surface area contributed by atoms with Crippen LogP contribution < -0.4 is 10.0 Å². The Hall–Kier alpha value is -2.30. The van der Waals surface area contributed by atoms with E-state index in [0.29, 0.717) is 42.4 Å². The first kappa shape index (κ1) is 26.8. The van der Waals surface area contributed by atoms with Gasteiger partial charge in [-0.2, -0.15) is 13.2 Å². The predicted molar refractivity (Wildman–Crippen MR) is 135 cm³/mol. The molecule has 3 N–H and O–H groups in total. The number of hydrogen-bond donors (Lipinski definition) is 3. The summed E-state index contributed by atoms with van der Waals surface area (Å²) < 4.78 is 57.7. The van der Waals surface area contributed by atoms with Gasteiger partial charge in [0.15, 0.2) is 0 Å². The van der Waals surface area contributed by atoms with Gasteiger partial charge >= 0.3 is 6.18 Å². The van der Waals surface area contributed by atoms with Crippen molar-refractivity contribution in [3.8, 4) is 0 Å². The van der Waals surface area contributed by atoms with Gasteiger partial charge in [-0.1, -0.05) is 11.6 Å². The van der Waals surface area contributed by atoms with Crippen molar-refractivity contribution >= 4 is 40.9 Å². The lowest BCUT2D eigenvalue weighted by molar-refractivity contribution is -0.138. The topological polar surface area (TPSA) is 68.2 Å². The molecule has 36 heavy (non-hydrogen) atoms. The lowest BCUT2D eigenvalue weighted by Crippen LogP contribution is -2.39. The number of benzene rings is 2. The number of carbonyl (C=O) groups is 1. The zero-order valence-corrected chi connectivity index (χ0v) is 21.2. The van der Waals surface area contributed by atoms with Crippen LogP contribution in [0.4, 0.5) is 23.2 Å². The van der Waals surface area contributed by atoms with Crippen LogP contribution in [0.3, 0.4) is 0 Å². The second kappa shape index (κ2) is 11.0. The fourth-order valence-electron chi connectivity index (χ4n) is 4.22. The van der Waals surface area contributed by atoms with Crippen molar-refractivity contribution in [1.82, 2.24) is 9.62 Å². The molecular formula is C25H27ClF4N4OS. The molecular weight excluding hydrogens is 516 g/mol. The minimum Gasteiger partial charge on any atom is -0.382 e. The molecule has 2 aliphatic rings. The van der Waals surface area contributed by atoms with Gasteiger partial charge in [0.1, 0.15) is 5.82 Å². The maximum atomic E-state index is 14.8. The highest BCUT2D eigenvalue weighted by Gasteiger charge is 2.34. The van der Waals surface area contributed by atoms with Gasteiger partial charge in [-0.3, -0.25) is 14.4 Å². The summed E-state index contributed by atoms with van der Waals surface area (Å²) in [6, 6.07) is 6.21. The van der Waals surface area contributed by atoms with E-state index in [1.54, 1.807) is 6.92 Å². The molecule has 0 spiro atoms. The van der Waals surface area contributed by atoms with E-state index < -0.39 is 23.5 Å². The Morgan fingerprint density at radius 3 is 2.44 bits per heavy atom. The van der Waals surface area contributed by atoms with E-state index in [9.17, 15) is 22.4 Å². The number of piperidine rings is 1. The van der Waals surface area contributed by atoms with Crippen molar-refractivity contribution < 1.29 is 22.4 Å². The highest BCUT2D eigenvalue weighted by atomic mass is 35.5. The molecule has 1 aliphatic carbocycles. The summed E-state index contributed by atoms with van der Waals surface area (Å²) in [6.45, 7) is 2.79. The molecule has 0 bridgehead atoms. The fourth-order valence-corrected chi connectivity index (χ4v) is 5.17. The van der Waals surface area contributed by atoms with E-state index in [-0.39, 0.29) is 34.4 Å². The van der Waals surface area contributed by atoms with Gasteiger partial charge in [0.05, 0.1) is 11.1 Å². The molecule has 11 heteroatoms. The monoisotopic (exact) mass is 542 g/mol. The molecule has 0 radical (unpaired) electrons. The van der Waals surface area contributed by atoms with E-state index in [4.69, 9.17) is 17.0 Å². The van der Waals surface area contributed by atoms with Crippen molar-refractivity contribution in [1.29, 1.82) is 5.41 Å². The van der Waals surface area contributed by atoms with Gasteiger partial charge in [-0.05, 0) is 80.5 Å². The molecule has 1 amide bonds. The Balaban J connectivity index is 1.40. The number of hydrogen-bond acceptors (Lipinski definition) is 5. The molecule has 2 aromatic carbocycles. The zero-order valence-electron chi connectivity index (χ0n) is 19.6. The van der Waals surface area contributed by atoms with Crippen LogP contribution in [-0.2, 0) is 12.7 Å². The van der Waals surface area contributed by atoms with E-state index in [2.05, 4.69) is 10.0 Å². The zero-order chi connectivity index (χ0) is 26.0. The summed E-state index contributed by atoms with van der Waals surface area (Å²) >= 11 is 7.24. The molecule has 1 aliphatic heterocycles. The Bertz CT molecular complexity index is 1150. The molecule has 0 unspecified atom stereocenters. The van der Waals surface area contributed by atoms with Crippen LogP contribution in [0.2, 0.25) is 5.02 Å². The lowest BCUT2D eigenvalue weighted by Gasteiger charge is -2.34. The third-order valence-electron chi connectivity index (χ3n) is 6.31. The molecule has 1 heterocycles. The molecule has 4 rings (SSSR count). The number of carbonyl (C=O) groups excluding carboxylic acids is 1. The van der Waals surface area contributed by atoms with Gasteiger partial charge in [-0.25, -0.2) is 4.39 Å². The maximum Gasteiger partial charge on any atom is 0.416 e. The van der Waals surface area contributed by atoms with Gasteiger partial charge in [0, 0.05) is 52.9 Å². The maximum absolute atomic E-state index is 14.8. The van der Waals surface area contributed by atoms with Gasteiger partial charge in [0.2, 0.25) is 0 Å². The molecule has 2 fully saturated rings. The first-order valence-electron chi connectivity index (χ1n) is 11.7. The third kappa shape index (κ3) is 6.72. The Kier molecular flexibility index (Phi) is 8.16. The average Bonchev–Trinajstić information content (AvgIpc) is 3.62. The molecule has 1 saturated carbocycles. The molecule has 0 aromatic heterocycles. The SMILES string of the molecule is CC(=N)c1cc(C(=O)NSC2CC2)c(F)cc1NC1CCN(Cc2cc(Cl)ccc2C(F)(F)F)CC1. The smallest absolute Gasteiger partial charge is 0.382 e. The first-order chi connectivity index (χ1) is 17.0. The van der Waals surface area contributed by atoms with Gasteiger partial charge in [-0.15, -0.1) is 0 Å². The van der Waals surface area contributed by atoms with Crippen LogP contribution in [0, 0.1) is 11.2 Å². The number of nitrogens with zero attached hydrogens (tertiary/aromatic N) is 1.